The summed E-state index contributed by atoms with van der Waals surface area (Å²) in [6.07, 6.45) is 1.57. The monoisotopic (exact) mass is 490 g/mol. The highest BCUT2D eigenvalue weighted by atomic mass is 28.4. The van der Waals surface area contributed by atoms with Crippen LogP contribution in [-0.2, 0) is 19.4 Å². The second-order valence-corrected chi connectivity index (χ2v) is 14.9. The molecule has 0 N–H and O–H groups in total. The van der Waals surface area contributed by atoms with E-state index in [-0.39, 0.29) is 22.9 Å². The van der Waals surface area contributed by atoms with Crippen molar-refractivity contribution >= 4 is 24.7 Å². The molecule has 3 aromatic rings. The van der Waals surface area contributed by atoms with Gasteiger partial charge in [-0.05, 0) is 58.8 Å². The lowest BCUT2D eigenvalue weighted by atomic mass is 9.76. The Balaban J connectivity index is 1.82. The molecule has 0 saturated heterocycles. The first-order valence-electron chi connectivity index (χ1n) is 12.3. The van der Waals surface area contributed by atoms with Crippen LogP contribution in [0, 0.1) is 12.7 Å². The normalized spacial score (nSPS) is 20.6. The molecule has 5 heteroatoms. The Bertz CT molecular complexity index is 1130. The molecule has 0 unspecified atom stereocenters. The van der Waals surface area contributed by atoms with Crippen LogP contribution in [0.1, 0.15) is 51.2 Å². The number of hydrogen-bond donors (Lipinski definition) is 0. The van der Waals surface area contributed by atoms with Crippen molar-refractivity contribution in [2.24, 2.45) is 0 Å². The minimum absolute atomic E-state index is 0.164. The predicted octanol–water partition coefficient (Wildman–Crippen LogP) is 5.67. The van der Waals surface area contributed by atoms with Crippen molar-refractivity contribution < 1.29 is 18.3 Å². The zero-order chi connectivity index (χ0) is 25.3. The Morgan fingerprint density at radius 1 is 0.943 bits per heavy atom. The molecule has 1 fully saturated rings. The molecule has 1 saturated carbocycles. The Labute approximate surface area is 209 Å². The second kappa shape index (κ2) is 9.71. The number of hydrogen-bond acceptors (Lipinski definition) is 3. The predicted molar refractivity (Wildman–Crippen MR) is 141 cm³/mol. The van der Waals surface area contributed by atoms with Crippen molar-refractivity contribution in [1.82, 2.24) is 0 Å². The molecule has 3 aromatic carbocycles. The molecule has 0 aromatic heterocycles. The number of benzene rings is 3. The molecule has 3 nitrogen and oxygen atoms in total. The number of carbonyl (C=O) groups excluding carboxylic acids is 1. The third-order valence-electron chi connectivity index (χ3n) is 7.59. The van der Waals surface area contributed by atoms with Gasteiger partial charge in [0.25, 0.3) is 8.32 Å². The molecule has 0 amide bonds. The summed E-state index contributed by atoms with van der Waals surface area (Å²) in [7, 11) is -1.36. The van der Waals surface area contributed by atoms with E-state index < -0.39 is 13.7 Å². The minimum atomic E-state index is -2.77. The number of carbonyl (C=O) groups is 1. The van der Waals surface area contributed by atoms with Gasteiger partial charge in [0.2, 0.25) is 0 Å². The standard InChI is InChI=1S/C30H35FO3Si/c1-22-26(17-12-18-27(22)31)30(28(32)33-5)20-19-23(21-30)34-35(29(2,3)4,24-13-8-6-9-14-24)25-15-10-7-11-16-25/h6-18,23H,19-21H2,1-5H3/t23-,30+/m0/s1. The maximum absolute atomic E-state index is 14.6. The van der Waals surface area contributed by atoms with E-state index in [1.54, 1.807) is 13.0 Å². The molecule has 4 rings (SSSR count). The smallest absolute Gasteiger partial charge is 0.316 e. The third-order valence-corrected chi connectivity index (χ3v) is 12.7. The lowest BCUT2D eigenvalue weighted by Crippen LogP contribution is -2.67. The molecule has 0 bridgehead atoms. The van der Waals surface area contributed by atoms with Gasteiger partial charge in [-0.25, -0.2) is 4.39 Å². The van der Waals surface area contributed by atoms with Gasteiger partial charge in [0.05, 0.1) is 12.5 Å². The molecule has 0 aliphatic heterocycles. The number of esters is 1. The first-order valence-corrected chi connectivity index (χ1v) is 14.2. The molecule has 1 aliphatic carbocycles. The summed E-state index contributed by atoms with van der Waals surface area (Å²) in [6, 6.07) is 26.0. The van der Waals surface area contributed by atoms with E-state index in [1.807, 2.05) is 18.2 Å². The van der Waals surface area contributed by atoms with Crippen LogP contribution in [0.25, 0.3) is 0 Å². The Morgan fingerprint density at radius 2 is 1.51 bits per heavy atom. The molecular weight excluding hydrogens is 455 g/mol. The summed E-state index contributed by atoms with van der Waals surface area (Å²) in [5, 5.41) is 2.24. The largest absolute Gasteiger partial charge is 0.468 e. The van der Waals surface area contributed by atoms with Crippen molar-refractivity contribution in [1.29, 1.82) is 0 Å². The van der Waals surface area contributed by atoms with E-state index in [4.69, 9.17) is 9.16 Å². The van der Waals surface area contributed by atoms with E-state index in [9.17, 15) is 9.18 Å². The summed E-state index contributed by atoms with van der Waals surface area (Å²) in [4.78, 5) is 13.3. The zero-order valence-electron chi connectivity index (χ0n) is 21.3. The van der Waals surface area contributed by atoms with E-state index in [0.29, 0.717) is 30.4 Å². The summed E-state index contributed by atoms with van der Waals surface area (Å²) in [5.74, 6) is -0.623. The Hall–Kier alpha value is -2.76. The molecular formula is C30H35FO3Si. The van der Waals surface area contributed by atoms with Crippen molar-refractivity contribution in [3.8, 4) is 0 Å². The molecule has 1 aliphatic rings. The van der Waals surface area contributed by atoms with Crippen molar-refractivity contribution in [3.05, 3.63) is 95.8 Å². The quantitative estimate of drug-likeness (QED) is 0.330. The van der Waals surface area contributed by atoms with Crippen LogP contribution in [-0.4, -0.2) is 27.5 Å². The van der Waals surface area contributed by atoms with Crippen LogP contribution in [0.2, 0.25) is 5.04 Å². The van der Waals surface area contributed by atoms with Gasteiger partial charge in [0.1, 0.15) is 5.82 Å². The average Bonchev–Trinajstić information content (AvgIpc) is 3.28. The van der Waals surface area contributed by atoms with Crippen LogP contribution in [0.5, 0.6) is 0 Å². The number of rotatable bonds is 6. The Morgan fingerprint density at radius 3 is 2.03 bits per heavy atom. The van der Waals surface area contributed by atoms with E-state index in [0.717, 1.165) is 0 Å². The molecule has 0 heterocycles. The highest BCUT2D eigenvalue weighted by Gasteiger charge is 2.55. The van der Waals surface area contributed by atoms with Gasteiger partial charge in [0.15, 0.2) is 0 Å². The first-order chi connectivity index (χ1) is 16.7. The molecule has 184 valence electrons. The zero-order valence-corrected chi connectivity index (χ0v) is 22.3. The SMILES string of the molecule is COC(=O)[C@]1(c2cccc(F)c2C)CC[C@H](O[Si](c2ccccc2)(c2ccccc2)C(C)(C)C)C1. The van der Waals surface area contributed by atoms with Crippen LogP contribution in [0.3, 0.4) is 0 Å². The summed E-state index contributed by atoms with van der Waals surface area (Å²) in [6.45, 7) is 8.49. The van der Waals surface area contributed by atoms with Crippen LogP contribution in [0.15, 0.2) is 78.9 Å². The fraction of sp³-hybridized carbons (Fsp3) is 0.367. The summed E-state index contributed by atoms with van der Waals surface area (Å²) in [5.41, 5.74) is 0.290. The fourth-order valence-electron chi connectivity index (χ4n) is 5.90. The van der Waals surface area contributed by atoms with E-state index >= 15 is 0 Å². The van der Waals surface area contributed by atoms with E-state index in [2.05, 4.69) is 69.3 Å². The van der Waals surface area contributed by atoms with Gasteiger partial charge in [0, 0.05) is 6.10 Å². The van der Waals surface area contributed by atoms with Gasteiger partial charge in [-0.1, -0.05) is 93.6 Å². The third kappa shape index (κ3) is 4.36. The fourth-order valence-corrected chi connectivity index (χ4v) is 10.6. The second-order valence-electron chi connectivity index (χ2n) is 10.6. The van der Waals surface area contributed by atoms with Crippen molar-refractivity contribution in [3.63, 3.8) is 0 Å². The minimum Gasteiger partial charge on any atom is -0.468 e. The molecule has 0 radical (unpaired) electrons. The maximum atomic E-state index is 14.6. The van der Waals surface area contributed by atoms with Gasteiger partial charge < -0.3 is 9.16 Å². The first kappa shape index (κ1) is 25.3. The lowest BCUT2D eigenvalue weighted by Gasteiger charge is -2.45. The highest BCUT2D eigenvalue weighted by Crippen LogP contribution is 2.47. The van der Waals surface area contributed by atoms with Crippen LogP contribution >= 0.6 is 0 Å². The number of halogens is 1. The molecule has 0 spiro atoms. The van der Waals surface area contributed by atoms with Gasteiger partial charge in [-0.2, -0.15) is 0 Å². The van der Waals surface area contributed by atoms with E-state index in [1.165, 1.54) is 23.5 Å². The van der Waals surface area contributed by atoms with Crippen molar-refractivity contribution in [2.75, 3.05) is 7.11 Å². The van der Waals surface area contributed by atoms with Crippen molar-refractivity contribution in [2.45, 2.75) is 63.5 Å². The topological polar surface area (TPSA) is 35.5 Å². The number of ether oxygens (including phenoxy) is 1. The number of methoxy groups -OCH3 is 1. The van der Waals surface area contributed by atoms with Crippen LogP contribution in [0.4, 0.5) is 4.39 Å². The highest BCUT2D eigenvalue weighted by molar-refractivity contribution is 6.99. The lowest BCUT2D eigenvalue weighted by molar-refractivity contribution is -0.147. The maximum Gasteiger partial charge on any atom is 0.316 e. The van der Waals surface area contributed by atoms with Gasteiger partial charge >= 0.3 is 5.97 Å². The van der Waals surface area contributed by atoms with Crippen LogP contribution < -0.4 is 10.4 Å². The average molecular weight is 491 g/mol. The molecule has 2 atom stereocenters. The Kier molecular flexibility index (Phi) is 7.03. The molecule has 35 heavy (non-hydrogen) atoms. The summed E-state index contributed by atoms with van der Waals surface area (Å²) >= 11 is 0. The van der Waals surface area contributed by atoms with Gasteiger partial charge in [-0.15, -0.1) is 0 Å². The van der Waals surface area contributed by atoms with Gasteiger partial charge in [-0.3, -0.25) is 4.79 Å². The summed E-state index contributed by atoms with van der Waals surface area (Å²) < 4.78 is 27.2.